The summed E-state index contributed by atoms with van der Waals surface area (Å²) in [7, 11) is 0. The summed E-state index contributed by atoms with van der Waals surface area (Å²) in [5.74, 6) is -3.81. The molecule has 1 aliphatic carbocycles. The summed E-state index contributed by atoms with van der Waals surface area (Å²) >= 11 is 0. The molecule has 1 saturated heterocycles. The van der Waals surface area contributed by atoms with Gasteiger partial charge >= 0.3 is 23.9 Å². The lowest BCUT2D eigenvalue weighted by Crippen LogP contribution is -2.45. The zero-order valence-electron chi connectivity index (χ0n) is 22.1. The molecule has 0 unspecified atom stereocenters. The molecule has 0 radical (unpaired) electrons. The number of fused-ring (bicyclic) bond motifs is 1. The molecule has 1 N–H and O–H groups in total. The van der Waals surface area contributed by atoms with E-state index >= 15 is 0 Å². The molecule has 7 atom stereocenters. The molecule has 11 nitrogen and oxygen atoms in total. The van der Waals surface area contributed by atoms with Crippen LogP contribution in [0.2, 0.25) is 0 Å². The largest absolute Gasteiger partial charge is 0.481 e. The minimum absolute atomic E-state index is 0.141. The lowest BCUT2D eigenvalue weighted by molar-refractivity contribution is -0.160. The van der Waals surface area contributed by atoms with Crippen LogP contribution in [0.3, 0.4) is 0 Å². The first-order valence-electron chi connectivity index (χ1n) is 12.1. The number of aliphatic carboxylic acids is 1. The van der Waals surface area contributed by atoms with Crippen LogP contribution in [-0.2, 0) is 47.7 Å². The molecule has 0 aromatic carbocycles. The summed E-state index contributed by atoms with van der Waals surface area (Å²) in [6.07, 6.45) is -0.531. The van der Waals surface area contributed by atoms with Crippen LogP contribution >= 0.6 is 0 Å². The highest BCUT2D eigenvalue weighted by Gasteiger charge is 2.65. The Morgan fingerprint density at radius 2 is 1.65 bits per heavy atom. The SMILES string of the molecule is CC(=O)O[C@@H]1CC=C(C)C[C@@H](OC(C)=O)[C@@H](CC(=O)O)[C@H](OC=O)[C@@H]2O[C@@]2(C)[C@H](OC(C)=O)CC=C1C. The Morgan fingerprint density at radius 1 is 1.03 bits per heavy atom. The van der Waals surface area contributed by atoms with Crippen LogP contribution in [0.5, 0.6) is 0 Å². The third-order valence-corrected chi connectivity index (χ3v) is 6.65. The van der Waals surface area contributed by atoms with Crippen molar-refractivity contribution in [2.24, 2.45) is 5.92 Å². The second kappa shape index (κ2) is 12.8. The maximum atomic E-state index is 12.0. The minimum Gasteiger partial charge on any atom is -0.481 e. The van der Waals surface area contributed by atoms with Crippen LogP contribution in [0.1, 0.15) is 67.2 Å². The van der Waals surface area contributed by atoms with Crippen LogP contribution in [0.15, 0.2) is 23.3 Å². The maximum Gasteiger partial charge on any atom is 0.303 e. The fraction of sp³-hybridized carbons (Fsp3) is 0.654. The first kappa shape index (κ1) is 30.0. The van der Waals surface area contributed by atoms with Crippen molar-refractivity contribution in [2.75, 3.05) is 0 Å². The van der Waals surface area contributed by atoms with Gasteiger partial charge in [-0.25, -0.2) is 0 Å². The molecular weight excluding hydrogens is 488 g/mol. The summed E-state index contributed by atoms with van der Waals surface area (Å²) in [5, 5.41) is 9.66. The predicted octanol–water partition coefficient (Wildman–Crippen LogP) is 2.65. The van der Waals surface area contributed by atoms with Crippen molar-refractivity contribution in [3.63, 3.8) is 0 Å². The Balaban J connectivity index is 2.63. The van der Waals surface area contributed by atoms with Gasteiger partial charge in [0.15, 0.2) is 0 Å². The molecular formula is C26H36O11. The van der Waals surface area contributed by atoms with Gasteiger partial charge in [0.05, 0.1) is 6.42 Å². The Kier molecular flexibility index (Phi) is 10.4. The Hall–Kier alpha value is -3.21. The molecule has 0 aromatic rings. The number of hydrogen-bond acceptors (Lipinski definition) is 10. The van der Waals surface area contributed by atoms with E-state index in [1.54, 1.807) is 26.8 Å². The van der Waals surface area contributed by atoms with Crippen molar-refractivity contribution in [3.05, 3.63) is 23.3 Å². The predicted molar refractivity (Wildman–Crippen MR) is 128 cm³/mol. The highest BCUT2D eigenvalue weighted by atomic mass is 16.7. The van der Waals surface area contributed by atoms with Crippen molar-refractivity contribution in [1.82, 2.24) is 0 Å². The smallest absolute Gasteiger partial charge is 0.303 e. The van der Waals surface area contributed by atoms with Gasteiger partial charge in [-0.1, -0.05) is 17.7 Å². The van der Waals surface area contributed by atoms with E-state index in [4.69, 9.17) is 23.7 Å². The van der Waals surface area contributed by atoms with E-state index in [9.17, 15) is 29.1 Å². The van der Waals surface area contributed by atoms with Crippen LogP contribution < -0.4 is 0 Å². The molecule has 1 aliphatic heterocycles. The lowest BCUT2D eigenvalue weighted by Gasteiger charge is -2.32. The molecule has 0 aromatic heterocycles. The van der Waals surface area contributed by atoms with E-state index in [2.05, 4.69) is 0 Å². The van der Waals surface area contributed by atoms with Crippen LogP contribution in [0.25, 0.3) is 0 Å². The molecule has 2 aliphatic rings. The number of hydrogen-bond donors (Lipinski definition) is 1. The van der Waals surface area contributed by atoms with Crippen molar-refractivity contribution in [2.45, 2.75) is 103 Å². The number of carboxylic acid groups (broad SMARTS) is 1. The lowest BCUT2D eigenvalue weighted by atomic mass is 9.82. The Labute approximate surface area is 216 Å². The number of esters is 3. The number of carboxylic acids is 1. The standard InChI is InChI=1S/C26H36O11/c1-14-7-9-20(34-16(3)28)15(2)8-10-22(36-18(5)30)26(6)25(37-26)24(33-13-27)19(12-23(31)32)21(11-14)35-17(4)29/h7-8,13,19-22,24-25H,9-12H2,1-6H3,(H,31,32)/t19-,20-,21-,22-,24+,25+,26+/m1/s1. The summed E-state index contributed by atoms with van der Waals surface area (Å²) in [6.45, 7) is 9.22. The number of carbonyl (C=O) groups is 5. The summed E-state index contributed by atoms with van der Waals surface area (Å²) in [6, 6.07) is 0. The second-order valence-corrected chi connectivity index (χ2v) is 9.70. The molecule has 0 saturated carbocycles. The van der Waals surface area contributed by atoms with E-state index < -0.39 is 72.3 Å². The number of rotatable bonds is 7. The third kappa shape index (κ3) is 8.41. The molecule has 2 rings (SSSR count). The number of carbonyl (C=O) groups excluding carboxylic acids is 4. The van der Waals surface area contributed by atoms with Crippen LogP contribution in [0.4, 0.5) is 0 Å². The zero-order valence-corrected chi connectivity index (χ0v) is 22.1. The normalized spacial score (nSPS) is 32.3. The third-order valence-electron chi connectivity index (χ3n) is 6.65. The van der Waals surface area contributed by atoms with Gasteiger partial charge < -0.3 is 28.8 Å². The van der Waals surface area contributed by atoms with Crippen molar-refractivity contribution in [1.29, 1.82) is 0 Å². The highest BCUT2D eigenvalue weighted by Crippen LogP contribution is 2.48. The van der Waals surface area contributed by atoms with Gasteiger partial charge in [-0.3, -0.25) is 24.0 Å². The molecule has 11 heteroatoms. The molecule has 1 heterocycles. The molecule has 37 heavy (non-hydrogen) atoms. The maximum absolute atomic E-state index is 12.0. The highest BCUT2D eigenvalue weighted by molar-refractivity contribution is 5.68. The van der Waals surface area contributed by atoms with Gasteiger partial charge in [-0.15, -0.1) is 0 Å². The monoisotopic (exact) mass is 524 g/mol. The average Bonchev–Trinajstić information content (AvgIpc) is 3.46. The Bertz CT molecular complexity index is 952. The van der Waals surface area contributed by atoms with Gasteiger partial charge in [0.25, 0.3) is 6.47 Å². The average molecular weight is 525 g/mol. The summed E-state index contributed by atoms with van der Waals surface area (Å²) in [5.41, 5.74) is 0.362. The fourth-order valence-electron chi connectivity index (χ4n) is 4.77. The van der Waals surface area contributed by atoms with Gasteiger partial charge in [0.1, 0.15) is 36.1 Å². The fourth-order valence-corrected chi connectivity index (χ4v) is 4.77. The van der Waals surface area contributed by atoms with E-state index in [-0.39, 0.29) is 19.3 Å². The van der Waals surface area contributed by atoms with Crippen molar-refractivity contribution in [3.8, 4) is 0 Å². The minimum atomic E-state index is -1.18. The zero-order chi connectivity index (χ0) is 27.9. The van der Waals surface area contributed by atoms with E-state index in [0.29, 0.717) is 6.42 Å². The molecule has 0 spiro atoms. The van der Waals surface area contributed by atoms with Gasteiger partial charge in [0, 0.05) is 46.0 Å². The first-order valence-corrected chi connectivity index (χ1v) is 12.1. The number of epoxide rings is 1. The first-order chi connectivity index (χ1) is 17.3. The quantitative estimate of drug-likeness (QED) is 0.172. The second-order valence-electron chi connectivity index (χ2n) is 9.70. The van der Waals surface area contributed by atoms with E-state index in [0.717, 1.165) is 11.1 Å². The van der Waals surface area contributed by atoms with E-state index in [1.165, 1.54) is 20.8 Å². The van der Waals surface area contributed by atoms with E-state index in [1.807, 2.05) is 6.08 Å². The van der Waals surface area contributed by atoms with Gasteiger partial charge in [-0.2, -0.15) is 0 Å². The summed E-state index contributed by atoms with van der Waals surface area (Å²) in [4.78, 5) is 58.9. The van der Waals surface area contributed by atoms with Crippen molar-refractivity contribution >= 4 is 30.3 Å². The van der Waals surface area contributed by atoms with Gasteiger partial charge in [0.2, 0.25) is 0 Å². The molecule has 0 amide bonds. The Morgan fingerprint density at radius 3 is 2.19 bits per heavy atom. The summed E-state index contributed by atoms with van der Waals surface area (Å²) < 4.78 is 27.9. The number of ether oxygens (including phenoxy) is 5. The van der Waals surface area contributed by atoms with Crippen LogP contribution in [0, 0.1) is 5.92 Å². The topological polar surface area (TPSA) is 155 Å². The molecule has 206 valence electrons. The van der Waals surface area contributed by atoms with Crippen molar-refractivity contribution < 1.29 is 52.8 Å². The van der Waals surface area contributed by atoms with Gasteiger partial charge in [-0.05, 0) is 26.3 Å². The molecule has 0 bridgehead atoms. The molecule has 1 fully saturated rings. The van der Waals surface area contributed by atoms with Crippen LogP contribution in [-0.4, -0.2) is 71.6 Å².